The van der Waals surface area contributed by atoms with E-state index in [0.717, 1.165) is 5.56 Å². The third-order valence-electron chi connectivity index (χ3n) is 5.19. The summed E-state index contributed by atoms with van der Waals surface area (Å²) in [6, 6.07) is 12.6. The Kier molecular flexibility index (Phi) is 5.85. The van der Waals surface area contributed by atoms with Crippen molar-refractivity contribution < 1.29 is 28.5 Å². The number of sulfonamides is 1. The number of β-amino-alcohol motifs (C(OH)–C–C–N with tert-alkyl or cyclic N) is 1. The van der Waals surface area contributed by atoms with Crippen LogP contribution in [0, 0.1) is 12.8 Å². The maximum absolute atomic E-state index is 12.9. The normalized spacial score (nSPS) is 23.5. The minimum absolute atomic E-state index is 0.0646. The second-order valence-electron chi connectivity index (χ2n) is 7.10. The fraction of sp³-hybridized carbons (Fsp3) is 0.350. The summed E-state index contributed by atoms with van der Waals surface area (Å²) in [6.45, 7) is 1.53. The van der Waals surface area contributed by atoms with Gasteiger partial charge in [-0.1, -0.05) is 29.8 Å². The van der Waals surface area contributed by atoms with Gasteiger partial charge in [0.05, 0.1) is 16.6 Å². The van der Waals surface area contributed by atoms with Crippen LogP contribution in [0.25, 0.3) is 0 Å². The molecular weight excluding hydrogens is 382 g/mol. The van der Waals surface area contributed by atoms with Crippen molar-refractivity contribution in [2.45, 2.75) is 23.8 Å². The van der Waals surface area contributed by atoms with Gasteiger partial charge in [-0.25, -0.2) is 13.2 Å². The van der Waals surface area contributed by atoms with E-state index in [2.05, 4.69) is 0 Å². The van der Waals surface area contributed by atoms with Crippen LogP contribution in [-0.4, -0.2) is 59.8 Å². The summed E-state index contributed by atoms with van der Waals surface area (Å²) in [4.78, 5) is 11.2. The van der Waals surface area contributed by atoms with Crippen LogP contribution in [0.15, 0.2) is 53.4 Å². The Hall–Kier alpha value is -2.26. The van der Waals surface area contributed by atoms with E-state index in [4.69, 9.17) is 5.11 Å². The predicted octanol–water partition coefficient (Wildman–Crippen LogP) is 1.45. The van der Waals surface area contributed by atoms with Crippen molar-refractivity contribution in [2.75, 3.05) is 19.7 Å². The molecule has 150 valence electrons. The van der Waals surface area contributed by atoms with Gasteiger partial charge < -0.3 is 15.3 Å². The highest BCUT2D eigenvalue weighted by atomic mass is 32.2. The Morgan fingerprint density at radius 1 is 1.07 bits per heavy atom. The highest BCUT2D eigenvalue weighted by Gasteiger charge is 2.41. The topological polar surface area (TPSA) is 115 Å². The molecule has 3 rings (SSSR count). The number of aryl methyl sites for hydroxylation is 1. The van der Waals surface area contributed by atoms with Crippen molar-refractivity contribution in [3.8, 4) is 0 Å². The van der Waals surface area contributed by atoms with Crippen LogP contribution in [0.4, 0.5) is 0 Å². The van der Waals surface area contributed by atoms with Crippen LogP contribution in [0.2, 0.25) is 0 Å². The molecule has 3 N–H and O–H groups in total. The molecule has 0 saturated carbocycles. The smallest absolute Gasteiger partial charge is 0.335 e. The molecule has 3 atom stereocenters. The summed E-state index contributed by atoms with van der Waals surface area (Å²) in [5.74, 6) is -2.05. The Morgan fingerprint density at radius 3 is 2.21 bits per heavy atom. The van der Waals surface area contributed by atoms with Crippen LogP contribution in [0.1, 0.15) is 27.4 Å². The lowest BCUT2D eigenvalue weighted by atomic mass is 9.79. The first-order chi connectivity index (χ1) is 13.2. The summed E-state index contributed by atoms with van der Waals surface area (Å²) >= 11 is 0. The summed E-state index contributed by atoms with van der Waals surface area (Å²) in [5, 5.41) is 29.6. The number of rotatable bonds is 5. The van der Waals surface area contributed by atoms with Gasteiger partial charge in [0.15, 0.2) is 0 Å². The van der Waals surface area contributed by atoms with Gasteiger partial charge in [0.25, 0.3) is 0 Å². The van der Waals surface area contributed by atoms with Gasteiger partial charge in [0.1, 0.15) is 0 Å². The maximum atomic E-state index is 12.9. The molecule has 1 aliphatic rings. The molecule has 3 unspecified atom stereocenters. The first-order valence-corrected chi connectivity index (χ1v) is 10.4. The molecule has 8 heteroatoms. The van der Waals surface area contributed by atoms with Gasteiger partial charge in [0.2, 0.25) is 10.0 Å². The van der Waals surface area contributed by atoms with Crippen molar-refractivity contribution in [2.24, 2.45) is 5.92 Å². The number of aliphatic hydroxyl groups excluding tert-OH is 2. The first kappa shape index (κ1) is 20.5. The molecule has 0 spiro atoms. The predicted molar refractivity (Wildman–Crippen MR) is 103 cm³/mol. The van der Waals surface area contributed by atoms with Crippen molar-refractivity contribution in [3.05, 3.63) is 65.2 Å². The van der Waals surface area contributed by atoms with E-state index < -0.39 is 33.9 Å². The Morgan fingerprint density at radius 2 is 1.68 bits per heavy atom. The van der Waals surface area contributed by atoms with Gasteiger partial charge in [-0.05, 0) is 36.8 Å². The monoisotopic (exact) mass is 405 g/mol. The Bertz CT molecular complexity index is 940. The van der Waals surface area contributed by atoms with E-state index in [1.54, 1.807) is 24.3 Å². The largest absolute Gasteiger partial charge is 0.478 e. The van der Waals surface area contributed by atoms with Crippen molar-refractivity contribution >= 4 is 16.0 Å². The summed E-state index contributed by atoms with van der Waals surface area (Å²) < 4.78 is 27.1. The van der Waals surface area contributed by atoms with Crippen LogP contribution in [0.5, 0.6) is 0 Å². The first-order valence-electron chi connectivity index (χ1n) is 8.93. The molecule has 7 nitrogen and oxygen atoms in total. The molecule has 0 radical (unpaired) electrons. The number of benzene rings is 2. The van der Waals surface area contributed by atoms with Crippen molar-refractivity contribution in [1.82, 2.24) is 4.31 Å². The van der Waals surface area contributed by atoms with E-state index in [-0.39, 0.29) is 30.2 Å². The Balaban J connectivity index is 1.86. The average Bonchev–Trinajstić information content (AvgIpc) is 2.67. The zero-order valence-electron chi connectivity index (χ0n) is 15.4. The lowest BCUT2D eigenvalue weighted by molar-refractivity contribution is 0.0299. The number of aromatic carboxylic acids is 1. The lowest BCUT2D eigenvalue weighted by Gasteiger charge is -2.40. The highest BCUT2D eigenvalue weighted by Crippen LogP contribution is 2.35. The number of carbonyl (C=O) groups is 1. The summed E-state index contributed by atoms with van der Waals surface area (Å²) in [5.41, 5.74) is 1.73. The second-order valence-corrected chi connectivity index (χ2v) is 9.04. The maximum Gasteiger partial charge on any atom is 0.335 e. The number of carboxylic acid groups (broad SMARTS) is 1. The van der Waals surface area contributed by atoms with Gasteiger partial charge in [0, 0.05) is 31.5 Å². The van der Waals surface area contributed by atoms with Gasteiger partial charge >= 0.3 is 5.97 Å². The van der Waals surface area contributed by atoms with Crippen LogP contribution < -0.4 is 0 Å². The number of piperidine rings is 1. The molecule has 2 aromatic carbocycles. The Labute approximate surface area is 163 Å². The molecule has 1 fully saturated rings. The molecular formula is C20H23NO6S. The fourth-order valence-electron chi connectivity index (χ4n) is 3.66. The highest BCUT2D eigenvalue weighted by molar-refractivity contribution is 7.89. The molecule has 1 heterocycles. The molecule has 0 aromatic heterocycles. The molecule has 0 aliphatic carbocycles. The summed E-state index contributed by atoms with van der Waals surface area (Å²) in [6.07, 6.45) is -1.03. The zero-order chi connectivity index (χ0) is 20.5. The van der Waals surface area contributed by atoms with Crippen molar-refractivity contribution in [3.63, 3.8) is 0 Å². The minimum atomic E-state index is -3.79. The molecule has 1 saturated heterocycles. The molecule has 1 aliphatic heterocycles. The molecule has 28 heavy (non-hydrogen) atoms. The summed E-state index contributed by atoms with van der Waals surface area (Å²) in [7, 11) is -3.79. The van der Waals surface area contributed by atoms with Crippen LogP contribution >= 0.6 is 0 Å². The van der Waals surface area contributed by atoms with Gasteiger partial charge in [-0.3, -0.25) is 0 Å². The molecule has 0 bridgehead atoms. The van der Waals surface area contributed by atoms with Crippen LogP contribution in [-0.2, 0) is 10.0 Å². The standard InChI is InChI=1S/C20H23NO6S/c1-13-2-8-17(9-3-13)28(26,27)21-10-16(12-22)19(18(23)11-21)14-4-6-15(7-5-14)20(24)25/h2-9,16,18-19,22-23H,10-12H2,1H3,(H,24,25). The van der Waals surface area contributed by atoms with E-state index in [1.165, 1.54) is 28.6 Å². The van der Waals surface area contributed by atoms with E-state index in [1.807, 2.05) is 6.92 Å². The third-order valence-corrected chi connectivity index (χ3v) is 7.03. The number of hydrogen-bond donors (Lipinski definition) is 3. The number of nitrogens with zero attached hydrogens (tertiary/aromatic N) is 1. The third kappa shape index (κ3) is 3.95. The van der Waals surface area contributed by atoms with Gasteiger partial charge in [-0.15, -0.1) is 0 Å². The van der Waals surface area contributed by atoms with E-state index >= 15 is 0 Å². The minimum Gasteiger partial charge on any atom is -0.478 e. The van der Waals surface area contributed by atoms with Crippen LogP contribution in [0.3, 0.4) is 0 Å². The quantitative estimate of drug-likeness (QED) is 0.694. The SMILES string of the molecule is Cc1ccc(S(=O)(=O)N2CC(O)C(c3ccc(C(=O)O)cc3)C(CO)C2)cc1. The van der Waals surface area contributed by atoms with E-state index in [9.17, 15) is 23.4 Å². The van der Waals surface area contributed by atoms with E-state index in [0.29, 0.717) is 5.56 Å². The molecule has 0 amide bonds. The van der Waals surface area contributed by atoms with Crippen molar-refractivity contribution in [1.29, 1.82) is 0 Å². The average molecular weight is 405 g/mol. The fourth-order valence-corrected chi connectivity index (χ4v) is 5.17. The zero-order valence-corrected chi connectivity index (χ0v) is 16.2. The number of hydrogen-bond acceptors (Lipinski definition) is 5. The lowest BCUT2D eigenvalue weighted by Crippen LogP contribution is -2.51. The number of carboxylic acids is 1. The second kappa shape index (κ2) is 8.00. The number of aliphatic hydroxyl groups is 2. The molecule has 2 aromatic rings. The van der Waals surface area contributed by atoms with Gasteiger partial charge in [-0.2, -0.15) is 4.31 Å².